The molecule has 2 aromatic rings. The maximum Gasteiger partial charge on any atom is 0.0296 e. The van der Waals surface area contributed by atoms with Crippen LogP contribution in [0.1, 0.15) is 9.75 Å². The van der Waals surface area contributed by atoms with Crippen LogP contribution < -0.4 is 5.32 Å². The Hall–Kier alpha value is -0.640. The summed E-state index contributed by atoms with van der Waals surface area (Å²) < 4.78 is 0. The minimum atomic E-state index is 0.966. The van der Waals surface area contributed by atoms with Crippen LogP contribution in [0.25, 0.3) is 11.1 Å². The van der Waals surface area contributed by atoms with Crippen LogP contribution >= 0.6 is 22.7 Å². The molecule has 0 saturated heterocycles. The van der Waals surface area contributed by atoms with Crippen molar-refractivity contribution in [1.82, 2.24) is 5.32 Å². The third-order valence-electron chi connectivity index (χ3n) is 2.07. The first-order valence-electron chi connectivity index (χ1n) is 4.57. The fourth-order valence-electron chi connectivity index (χ4n) is 1.39. The topological polar surface area (TPSA) is 12.0 Å². The van der Waals surface area contributed by atoms with Crippen LogP contribution in [0.3, 0.4) is 0 Å². The molecule has 2 aromatic heterocycles. The van der Waals surface area contributed by atoms with Crippen molar-refractivity contribution in [2.75, 3.05) is 7.05 Å². The van der Waals surface area contributed by atoms with Crippen molar-refractivity contribution in [3.63, 3.8) is 0 Å². The minimum absolute atomic E-state index is 0.966. The SMILES string of the molecule is CNCc1cc(-c2csc(C)c2)cs1. The molecule has 74 valence electrons. The van der Waals surface area contributed by atoms with E-state index in [0.29, 0.717) is 0 Å². The first-order chi connectivity index (χ1) is 6.79. The lowest BCUT2D eigenvalue weighted by Gasteiger charge is -1.91. The highest BCUT2D eigenvalue weighted by Gasteiger charge is 2.03. The van der Waals surface area contributed by atoms with Gasteiger partial charge in [0.1, 0.15) is 0 Å². The van der Waals surface area contributed by atoms with E-state index in [1.54, 1.807) is 0 Å². The summed E-state index contributed by atoms with van der Waals surface area (Å²) in [7, 11) is 1.98. The molecule has 1 N–H and O–H groups in total. The molecule has 0 atom stereocenters. The summed E-state index contributed by atoms with van der Waals surface area (Å²) in [6, 6.07) is 4.51. The molecule has 3 heteroatoms. The fourth-order valence-corrected chi connectivity index (χ4v) is 3.01. The Morgan fingerprint density at radius 2 is 1.86 bits per heavy atom. The number of rotatable bonds is 3. The van der Waals surface area contributed by atoms with Crippen molar-refractivity contribution in [1.29, 1.82) is 0 Å². The molecule has 0 aliphatic rings. The maximum atomic E-state index is 3.17. The Bertz CT molecular complexity index is 414. The third-order valence-corrected chi connectivity index (χ3v) is 3.87. The lowest BCUT2D eigenvalue weighted by atomic mass is 10.2. The summed E-state index contributed by atoms with van der Waals surface area (Å²) >= 11 is 3.63. The van der Waals surface area contributed by atoms with Gasteiger partial charge in [-0.15, -0.1) is 22.7 Å². The summed E-state index contributed by atoms with van der Waals surface area (Å²) in [4.78, 5) is 2.77. The minimum Gasteiger partial charge on any atom is -0.315 e. The normalized spacial score (nSPS) is 10.7. The van der Waals surface area contributed by atoms with Crippen LogP contribution in [0, 0.1) is 6.92 Å². The molecular formula is C11H13NS2. The molecule has 0 aromatic carbocycles. The molecule has 0 aliphatic carbocycles. The molecular weight excluding hydrogens is 210 g/mol. The van der Waals surface area contributed by atoms with Crippen LogP contribution in [0.5, 0.6) is 0 Å². The standard InChI is InChI=1S/C11H13NS2/c1-8-3-9(6-13-8)10-4-11(5-12-2)14-7-10/h3-4,6-7,12H,5H2,1-2H3. The van der Waals surface area contributed by atoms with Gasteiger partial charge in [0, 0.05) is 16.3 Å². The second kappa shape index (κ2) is 4.26. The smallest absolute Gasteiger partial charge is 0.0296 e. The van der Waals surface area contributed by atoms with Gasteiger partial charge in [0.2, 0.25) is 0 Å². The lowest BCUT2D eigenvalue weighted by Crippen LogP contribution is -2.02. The van der Waals surface area contributed by atoms with Crippen molar-refractivity contribution in [3.05, 3.63) is 32.6 Å². The van der Waals surface area contributed by atoms with E-state index in [1.165, 1.54) is 20.9 Å². The summed E-state index contributed by atoms with van der Waals surface area (Å²) in [5.74, 6) is 0. The summed E-state index contributed by atoms with van der Waals surface area (Å²) in [5, 5.41) is 7.62. The Labute approximate surface area is 92.4 Å². The van der Waals surface area contributed by atoms with Gasteiger partial charge in [-0.3, -0.25) is 0 Å². The molecule has 0 saturated carbocycles. The van der Waals surface area contributed by atoms with E-state index in [9.17, 15) is 0 Å². The molecule has 0 unspecified atom stereocenters. The zero-order valence-electron chi connectivity index (χ0n) is 8.33. The van der Waals surface area contributed by atoms with Crippen LogP contribution in [-0.2, 0) is 6.54 Å². The second-order valence-electron chi connectivity index (χ2n) is 3.28. The molecule has 0 aliphatic heterocycles. The predicted molar refractivity (Wildman–Crippen MR) is 65.1 cm³/mol. The zero-order chi connectivity index (χ0) is 9.97. The number of nitrogens with one attached hydrogen (secondary N) is 1. The molecule has 0 spiro atoms. The largest absolute Gasteiger partial charge is 0.315 e. The van der Waals surface area contributed by atoms with E-state index in [1.807, 2.05) is 29.7 Å². The maximum absolute atomic E-state index is 3.17. The zero-order valence-corrected chi connectivity index (χ0v) is 9.97. The number of aryl methyl sites for hydroxylation is 1. The van der Waals surface area contributed by atoms with Gasteiger partial charge in [0.05, 0.1) is 0 Å². The fraction of sp³-hybridized carbons (Fsp3) is 0.273. The molecule has 0 radical (unpaired) electrons. The van der Waals surface area contributed by atoms with Gasteiger partial charge in [-0.2, -0.15) is 0 Å². The van der Waals surface area contributed by atoms with Gasteiger partial charge < -0.3 is 5.32 Å². The van der Waals surface area contributed by atoms with Gasteiger partial charge in [-0.25, -0.2) is 0 Å². The molecule has 2 rings (SSSR count). The van der Waals surface area contributed by atoms with Crippen molar-refractivity contribution >= 4 is 22.7 Å². The van der Waals surface area contributed by atoms with Crippen LogP contribution in [-0.4, -0.2) is 7.05 Å². The molecule has 0 bridgehead atoms. The van der Waals surface area contributed by atoms with E-state index in [-0.39, 0.29) is 0 Å². The number of thiophene rings is 2. The molecule has 0 amide bonds. The van der Waals surface area contributed by atoms with Crippen LogP contribution in [0.2, 0.25) is 0 Å². The summed E-state index contributed by atoms with van der Waals surface area (Å²) in [6.07, 6.45) is 0. The Kier molecular flexibility index (Phi) is 3.01. The van der Waals surface area contributed by atoms with Gasteiger partial charge in [0.25, 0.3) is 0 Å². The Morgan fingerprint density at radius 3 is 2.50 bits per heavy atom. The van der Waals surface area contributed by atoms with Crippen molar-refractivity contribution < 1.29 is 0 Å². The highest BCUT2D eigenvalue weighted by atomic mass is 32.1. The highest BCUT2D eigenvalue weighted by Crippen LogP contribution is 2.29. The van der Waals surface area contributed by atoms with E-state index in [0.717, 1.165) is 6.54 Å². The van der Waals surface area contributed by atoms with Crippen LogP contribution in [0.4, 0.5) is 0 Å². The first kappa shape index (κ1) is 9.90. The first-order valence-corrected chi connectivity index (χ1v) is 6.33. The Balaban J connectivity index is 2.24. The van der Waals surface area contributed by atoms with Crippen molar-refractivity contribution in [2.24, 2.45) is 0 Å². The quantitative estimate of drug-likeness (QED) is 0.839. The van der Waals surface area contributed by atoms with E-state index >= 15 is 0 Å². The average molecular weight is 223 g/mol. The van der Waals surface area contributed by atoms with Crippen molar-refractivity contribution in [3.8, 4) is 11.1 Å². The van der Waals surface area contributed by atoms with Gasteiger partial charge >= 0.3 is 0 Å². The highest BCUT2D eigenvalue weighted by molar-refractivity contribution is 7.11. The predicted octanol–water partition coefficient (Wildman–Crippen LogP) is 3.50. The van der Waals surface area contributed by atoms with E-state index in [2.05, 4.69) is 35.1 Å². The lowest BCUT2D eigenvalue weighted by molar-refractivity contribution is 0.831. The van der Waals surface area contributed by atoms with Gasteiger partial charge in [-0.05, 0) is 48.0 Å². The molecule has 0 fully saturated rings. The van der Waals surface area contributed by atoms with Crippen LogP contribution in [0.15, 0.2) is 22.9 Å². The summed E-state index contributed by atoms with van der Waals surface area (Å²) in [5.41, 5.74) is 2.70. The van der Waals surface area contributed by atoms with E-state index in [4.69, 9.17) is 0 Å². The third kappa shape index (κ3) is 2.05. The monoisotopic (exact) mass is 223 g/mol. The van der Waals surface area contributed by atoms with Crippen molar-refractivity contribution in [2.45, 2.75) is 13.5 Å². The molecule has 2 heterocycles. The van der Waals surface area contributed by atoms with Gasteiger partial charge in [0.15, 0.2) is 0 Å². The number of hydrogen-bond donors (Lipinski definition) is 1. The van der Waals surface area contributed by atoms with E-state index < -0.39 is 0 Å². The summed E-state index contributed by atoms with van der Waals surface area (Å²) in [6.45, 7) is 3.11. The number of hydrogen-bond acceptors (Lipinski definition) is 3. The molecule has 14 heavy (non-hydrogen) atoms. The van der Waals surface area contributed by atoms with Gasteiger partial charge in [-0.1, -0.05) is 0 Å². The Morgan fingerprint density at radius 1 is 1.14 bits per heavy atom. The second-order valence-corrected chi connectivity index (χ2v) is 5.39. The average Bonchev–Trinajstić information content (AvgIpc) is 2.74. The molecule has 1 nitrogen and oxygen atoms in total.